The molecule has 0 aliphatic carbocycles. The number of H-pyrrole nitrogens is 1. The van der Waals surface area contributed by atoms with Gasteiger partial charge in [-0.3, -0.25) is 14.4 Å². The van der Waals surface area contributed by atoms with Crippen LogP contribution in [0.5, 0.6) is 0 Å². The molecule has 35 heavy (non-hydrogen) atoms. The minimum atomic E-state index is -1.21. The van der Waals surface area contributed by atoms with Crippen LogP contribution in [0.25, 0.3) is 10.9 Å². The van der Waals surface area contributed by atoms with Crippen LogP contribution in [0.1, 0.15) is 39.7 Å². The van der Waals surface area contributed by atoms with Crippen LogP contribution in [0.4, 0.5) is 0 Å². The number of nitrogens with two attached hydrogens (primary N) is 1. The number of rotatable bonds is 12. The average Bonchev–Trinajstić information content (AvgIpc) is 3.19. The molecule has 192 valence electrons. The van der Waals surface area contributed by atoms with Crippen molar-refractivity contribution in [2.24, 2.45) is 11.7 Å². The van der Waals surface area contributed by atoms with E-state index in [-0.39, 0.29) is 18.8 Å². The van der Waals surface area contributed by atoms with Crippen molar-refractivity contribution in [3.8, 4) is 0 Å². The van der Waals surface area contributed by atoms with Crippen LogP contribution >= 0.6 is 0 Å². The lowest BCUT2D eigenvalue weighted by molar-refractivity contribution is -0.142. The molecule has 0 aliphatic rings. The summed E-state index contributed by atoms with van der Waals surface area (Å²) in [6.45, 7) is 6.51. The van der Waals surface area contributed by atoms with Gasteiger partial charge in [0.15, 0.2) is 0 Å². The first-order valence-corrected chi connectivity index (χ1v) is 11.5. The number of fused-ring (bicyclic) bond motifs is 1. The Hall–Kier alpha value is -3.44. The Kier molecular flexibility index (Phi) is 9.78. The first kappa shape index (κ1) is 27.8. The molecule has 3 amide bonds. The van der Waals surface area contributed by atoms with E-state index in [9.17, 15) is 29.4 Å². The van der Waals surface area contributed by atoms with Crippen molar-refractivity contribution in [3.05, 3.63) is 36.0 Å². The minimum absolute atomic E-state index is 0.0329. The molecule has 0 spiro atoms. The summed E-state index contributed by atoms with van der Waals surface area (Å²) < 4.78 is 0. The number of aromatic nitrogens is 1. The molecule has 0 saturated carbocycles. The Morgan fingerprint density at radius 1 is 0.943 bits per heavy atom. The molecule has 11 nitrogen and oxygen atoms in total. The number of nitrogens with one attached hydrogen (secondary N) is 4. The van der Waals surface area contributed by atoms with Gasteiger partial charge in [-0.1, -0.05) is 32.0 Å². The Balaban J connectivity index is 2.04. The summed E-state index contributed by atoms with van der Waals surface area (Å²) in [6, 6.07) is 2.95. The standard InChI is InChI=1S/C24H35N5O6/c1-12(2)9-18(28-23(33)20(25)14(4)30)22(32)27-13(3)21(31)29-19(24(34)35)10-15-11-26-17-8-6-5-7-16(15)17/h5-8,11-14,18-20,26,30H,9-10,25H2,1-4H3,(H,27,32)(H,28,33)(H,29,31)(H,34,35). The monoisotopic (exact) mass is 489 g/mol. The Morgan fingerprint density at radius 2 is 1.57 bits per heavy atom. The third kappa shape index (κ3) is 7.79. The Bertz CT molecular complexity index is 1050. The van der Waals surface area contributed by atoms with E-state index < -0.39 is 54.0 Å². The van der Waals surface area contributed by atoms with Gasteiger partial charge in [-0.25, -0.2) is 4.79 Å². The molecule has 5 unspecified atom stereocenters. The molecule has 0 saturated heterocycles. The summed E-state index contributed by atoms with van der Waals surface area (Å²) in [5.41, 5.74) is 7.24. The molecule has 1 aromatic carbocycles. The summed E-state index contributed by atoms with van der Waals surface area (Å²) in [7, 11) is 0. The highest BCUT2D eigenvalue weighted by atomic mass is 16.4. The number of carboxylic acids is 1. The highest BCUT2D eigenvalue weighted by Gasteiger charge is 2.30. The summed E-state index contributed by atoms with van der Waals surface area (Å²) in [5.74, 6) is -3.16. The molecule has 2 aromatic rings. The number of aromatic amines is 1. The van der Waals surface area contributed by atoms with Gasteiger partial charge in [-0.05, 0) is 37.8 Å². The van der Waals surface area contributed by atoms with E-state index in [0.717, 1.165) is 16.5 Å². The number of carbonyl (C=O) groups is 4. The van der Waals surface area contributed by atoms with Gasteiger partial charge >= 0.3 is 5.97 Å². The predicted molar refractivity (Wildman–Crippen MR) is 130 cm³/mol. The van der Waals surface area contributed by atoms with Gasteiger partial charge < -0.3 is 36.9 Å². The number of hydrogen-bond acceptors (Lipinski definition) is 6. The molecule has 11 heteroatoms. The number of amides is 3. The molecular weight excluding hydrogens is 454 g/mol. The SMILES string of the molecule is CC(C)CC(NC(=O)C(N)C(C)O)C(=O)NC(C)C(=O)NC(Cc1c[nH]c2ccccc12)C(=O)O. The van der Waals surface area contributed by atoms with Gasteiger partial charge in [0.2, 0.25) is 17.7 Å². The lowest BCUT2D eigenvalue weighted by Gasteiger charge is -2.25. The van der Waals surface area contributed by atoms with Crippen LogP contribution in [0.3, 0.4) is 0 Å². The van der Waals surface area contributed by atoms with Gasteiger partial charge in [-0.15, -0.1) is 0 Å². The zero-order chi connectivity index (χ0) is 26.3. The number of aliphatic carboxylic acids is 1. The summed E-state index contributed by atoms with van der Waals surface area (Å²) >= 11 is 0. The molecule has 0 radical (unpaired) electrons. The van der Waals surface area contributed by atoms with Crippen molar-refractivity contribution >= 4 is 34.6 Å². The fraction of sp³-hybridized carbons (Fsp3) is 0.500. The number of hydrogen-bond donors (Lipinski definition) is 7. The smallest absolute Gasteiger partial charge is 0.326 e. The highest BCUT2D eigenvalue weighted by molar-refractivity contribution is 5.94. The number of para-hydroxylation sites is 1. The number of carbonyl (C=O) groups excluding carboxylic acids is 3. The van der Waals surface area contributed by atoms with Crippen molar-refractivity contribution < 1.29 is 29.4 Å². The molecule has 2 rings (SSSR count). The molecule has 0 aliphatic heterocycles. The second-order valence-electron chi connectivity index (χ2n) is 9.15. The van der Waals surface area contributed by atoms with Crippen molar-refractivity contribution in [1.82, 2.24) is 20.9 Å². The van der Waals surface area contributed by atoms with Gasteiger partial charge in [0.1, 0.15) is 24.2 Å². The highest BCUT2D eigenvalue weighted by Crippen LogP contribution is 2.19. The first-order chi connectivity index (χ1) is 16.4. The van der Waals surface area contributed by atoms with Crippen LogP contribution in [0.15, 0.2) is 30.5 Å². The van der Waals surface area contributed by atoms with Crippen LogP contribution < -0.4 is 21.7 Å². The van der Waals surface area contributed by atoms with Crippen LogP contribution in [-0.2, 0) is 25.6 Å². The summed E-state index contributed by atoms with van der Waals surface area (Å²) in [6.07, 6.45) is 0.925. The lowest BCUT2D eigenvalue weighted by atomic mass is 10.0. The topological polar surface area (TPSA) is 187 Å². The summed E-state index contributed by atoms with van der Waals surface area (Å²) in [5, 5.41) is 27.5. The molecule has 0 bridgehead atoms. The van der Waals surface area contributed by atoms with E-state index >= 15 is 0 Å². The van der Waals surface area contributed by atoms with E-state index in [2.05, 4.69) is 20.9 Å². The van der Waals surface area contributed by atoms with E-state index in [1.165, 1.54) is 13.8 Å². The van der Waals surface area contributed by atoms with Crippen molar-refractivity contribution in [2.75, 3.05) is 0 Å². The largest absolute Gasteiger partial charge is 0.480 e. The zero-order valence-corrected chi connectivity index (χ0v) is 20.4. The minimum Gasteiger partial charge on any atom is -0.480 e. The van der Waals surface area contributed by atoms with Gasteiger partial charge in [-0.2, -0.15) is 0 Å². The predicted octanol–water partition coefficient (Wildman–Crippen LogP) is 0.0235. The van der Waals surface area contributed by atoms with Gasteiger partial charge in [0, 0.05) is 23.5 Å². The van der Waals surface area contributed by atoms with Crippen molar-refractivity contribution in [1.29, 1.82) is 0 Å². The Labute approximate surface area is 203 Å². The fourth-order valence-electron chi connectivity index (χ4n) is 3.59. The normalized spacial score (nSPS) is 15.6. The maximum absolute atomic E-state index is 12.8. The number of carboxylic acid groups (broad SMARTS) is 1. The van der Waals surface area contributed by atoms with Gasteiger partial charge in [0.25, 0.3) is 0 Å². The average molecular weight is 490 g/mol. The molecule has 5 atom stereocenters. The zero-order valence-electron chi connectivity index (χ0n) is 20.4. The molecule has 1 aromatic heterocycles. The van der Waals surface area contributed by atoms with Crippen LogP contribution in [0.2, 0.25) is 0 Å². The third-order valence-electron chi connectivity index (χ3n) is 5.63. The second-order valence-corrected chi connectivity index (χ2v) is 9.15. The molecule has 0 fully saturated rings. The third-order valence-corrected chi connectivity index (χ3v) is 5.63. The van der Waals surface area contributed by atoms with E-state index in [1.54, 1.807) is 6.20 Å². The maximum atomic E-state index is 12.8. The van der Waals surface area contributed by atoms with Crippen LogP contribution in [-0.4, -0.2) is 69.2 Å². The molecule has 8 N–H and O–H groups in total. The number of benzene rings is 1. The lowest BCUT2D eigenvalue weighted by Crippen LogP contribution is -2.57. The van der Waals surface area contributed by atoms with E-state index in [4.69, 9.17) is 5.73 Å². The van der Waals surface area contributed by atoms with Crippen molar-refractivity contribution in [2.45, 2.75) is 70.8 Å². The number of aliphatic hydroxyl groups is 1. The number of aliphatic hydroxyl groups excluding tert-OH is 1. The fourth-order valence-corrected chi connectivity index (χ4v) is 3.59. The summed E-state index contributed by atoms with van der Waals surface area (Å²) in [4.78, 5) is 52.7. The van der Waals surface area contributed by atoms with Crippen LogP contribution in [0, 0.1) is 5.92 Å². The van der Waals surface area contributed by atoms with E-state index in [1.807, 2.05) is 38.1 Å². The Morgan fingerprint density at radius 3 is 2.17 bits per heavy atom. The quantitative estimate of drug-likeness (QED) is 0.219. The second kappa shape index (κ2) is 12.3. The van der Waals surface area contributed by atoms with Gasteiger partial charge in [0.05, 0.1) is 6.10 Å². The first-order valence-electron chi connectivity index (χ1n) is 11.5. The molecule has 1 heterocycles. The maximum Gasteiger partial charge on any atom is 0.326 e. The molecular formula is C24H35N5O6. The van der Waals surface area contributed by atoms with E-state index in [0.29, 0.717) is 0 Å². The van der Waals surface area contributed by atoms with Crippen molar-refractivity contribution in [3.63, 3.8) is 0 Å².